The van der Waals surface area contributed by atoms with Crippen molar-refractivity contribution in [1.29, 1.82) is 0 Å². The fourth-order valence-corrected chi connectivity index (χ4v) is 1.95. The molecule has 0 saturated carbocycles. The summed E-state index contributed by atoms with van der Waals surface area (Å²) in [6.45, 7) is 3.02. The summed E-state index contributed by atoms with van der Waals surface area (Å²) in [5.74, 6) is 0.924. The van der Waals surface area contributed by atoms with Gasteiger partial charge in [-0.15, -0.1) is 0 Å². The molecule has 18 heavy (non-hydrogen) atoms. The predicted molar refractivity (Wildman–Crippen MR) is 63.6 cm³/mol. The summed E-state index contributed by atoms with van der Waals surface area (Å²) in [4.78, 5) is 12.3. The second kappa shape index (κ2) is 4.38. The van der Waals surface area contributed by atoms with E-state index in [0.29, 0.717) is 35.8 Å². The standard InChI is InChI=1S/C12H13N3O3/c1-7-14-10-5-13-11(4-9(10)12(16)15-7)18-8-2-3-17-6-8/h4-5,8H,2-3,6H2,1H3,(H,14,15,16). The first-order valence-corrected chi connectivity index (χ1v) is 5.80. The smallest absolute Gasteiger partial charge is 0.222 e. The SMILES string of the molecule is Cc1nc(O)c2cc(OC3CCOC3)ncc2n1. The molecule has 0 aliphatic carbocycles. The van der Waals surface area contributed by atoms with Gasteiger partial charge in [-0.2, -0.15) is 4.98 Å². The highest BCUT2D eigenvalue weighted by molar-refractivity contribution is 5.83. The Morgan fingerprint density at radius 1 is 1.44 bits per heavy atom. The van der Waals surface area contributed by atoms with Crippen molar-refractivity contribution in [2.24, 2.45) is 0 Å². The molecule has 1 aliphatic rings. The van der Waals surface area contributed by atoms with Crippen LogP contribution in [0, 0.1) is 6.92 Å². The molecule has 0 radical (unpaired) electrons. The molecule has 0 aromatic carbocycles. The first-order chi connectivity index (χ1) is 8.72. The molecule has 2 aromatic rings. The monoisotopic (exact) mass is 247 g/mol. The van der Waals surface area contributed by atoms with Crippen molar-refractivity contribution in [3.8, 4) is 11.8 Å². The summed E-state index contributed by atoms with van der Waals surface area (Å²) in [5, 5.41) is 10.3. The van der Waals surface area contributed by atoms with E-state index in [0.717, 1.165) is 6.42 Å². The molecular formula is C12H13N3O3. The Kier molecular flexibility index (Phi) is 2.71. The third kappa shape index (κ3) is 2.06. The topological polar surface area (TPSA) is 77.4 Å². The number of nitrogens with zero attached hydrogens (tertiary/aromatic N) is 3. The molecule has 1 aliphatic heterocycles. The van der Waals surface area contributed by atoms with Crippen LogP contribution in [-0.4, -0.2) is 39.4 Å². The van der Waals surface area contributed by atoms with Gasteiger partial charge in [0.2, 0.25) is 11.8 Å². The van der Waals surface area contributed by atoms with Crippen LogP contribution in [0.2, 0.25) is 0 Å². The van der Waals surface area contributed by atoms with Gasteiger partial charge in [0.25, 0.3) is 0 Å². The molecule has 6 heteroatoms. The average molecular weight is 247 g/mol. The van der Waals surface area contributed by atoms with E-state index in [2.05, 4.69) is 15.0 Å². The number of aryl methyl sites for hydroxylation is 1. The quantitative estimate of drug-likeness (QED) is 0.859. The van der Waals surface area contributed by atoms with Gasteiger partial charge in [-0.1, -0.05) is 0 Å². The maximum absolute atomic E-state index is 9.78. The van der Waals surface area contributed by atoms with E-state index in [1.165, 1.54) is 0 Å². The van der Waals surface area contributed by atoms with Crippen LogP contribution in [0.4, 0.5) is 0 Å². The first-order valence-electron chi connectivity index (χ1n) is 5.80. The second-order valence-electron chi connectivity index (χ2n) is 4.24. The lowest BCUT2D eigenvalue weighted by Gasteiger charge is -2.11. The average Bonchev–Trinajstić information content (AvgIpc) is 2.83. The molecular weight excluding hydrogens is 234 g/mol. The number of hydrogen-bond donors (Lipinski definition) is 1. The number of pyridine rings is 1. The molecule has 3 rings (SSSR count). The third-order valence-corrected chi connectivity index (χ3v) is 2.82. The van der Waals surface area contributed by atoms with E-state index < -0.39 is 0 Å². The maximum atomic E-state index is 9.78. The zero-order valence-corrected chi connectivity index (χ0v) is 9.96. The molecule has 1 saturated heterocycles. The highest BCUT2D eigenvalue weighted by Gasteiger charge is 2.18. The second-order valence-corrected chi connectivity index (χ2v) is 4.24. The van der Waals surface area contributed by atoms with Crippen molar-refractivity contribution < 1.29 is 14.6 Å². The van der Waals surface area contributed by atoms with Crippen molar-refractivity contribution >= 4 is 10.9 Å². The molecule has 94 valence electrons. The van der Waals surface area contributed by atoms with E-state index in [4.69, 9.17) is 9.47 Å². The summed E-state index contributed by atoms with van der Waals surface area (Å²) in [6, 6.07) is 1.66. The lowest BCUT2D eigenvalue weighted by molar-refractivity contribution is 0.138. The molecule has 1 fully saturated rings. The minimum atomic E-state index is -0.0487. The van der Waals surface area contributed by atoms with E-state index in [1.807, 2.05) is 0 Å². The Labute approximate surface area is 104 Å². The maximum Gasteiger partial charge on any atom is 0.222 e. The highest BCUT2D eigenvalue weighted by Crippen LogP contribution is 2.25. The molecule has 1 unspecified atom stereocenters. The van der Waals surface area contributed by atoms with Crippen LogP contribution in [-0.2, 0) is 4.74 Å². The lowest BCUT2D eigenvalue weighted by Crippen LogP contribution is -2.16. The first kappa shape index (κ1) is 11.2. The summed E-state index contributed by atoms with van der Waals surface area (Å²) in [7, 11) is 0. The molecule has 1 N–H and O–H groups in total. The van der Waals surface area contributed by atoms with Gasteiger partial charge in [-0.3, -0.25) is 0 Å². The van der Waals surface area contributed by atoms with Gasteiger partial charge in [0.1, 0.15) is 11.9 Å². The van der Waals surface area contributed by atoms with E-state index >= 15 is 0 Å². The number of hydrogen-bond acceptors (Lipinski definition) is 6. The van der Waals surface area contributed by atoms with Crippen LogP contribution < -0.4 is 4.74 Å². The summed E-state index contributed by atoms with van der Waals surface area (Å²) >= 11 is 0. The zero-order chi connectivity index (χ0) is 12.5. The Hall–Kier alpha value is -1.95. The van der Waals surface area contributed by atoms with Gasteiger partial charge in [-0.05, 0) is 6.92 Å². The van der Waals surface area contributed by atoms with Crippen molar-refractivity contribution in [2.75, 3.05) is 13.2 Å². The molecule has 6 nitrogen and oxygen atoms in total. The van der Waals surface area contributed by atoms with Crippen LogP contribution in [0.3, 0.4) is 0 Å². The zero-order valence-electron chi connectivity index (χ0n) is 9.96. The van der Waals surface area contributed by atoms with Gasteiger partial charge >= 0.3 is 0 Å². The van der Waals surface area contributed by atoms with Gasteiger partial charge in [-0.25, -0.2) is 9.97 Å². The Morgan fingerprint density at radius 2 is 2.33 bits per heavy atom. The van der Waals surface area contributed by atoms with Crippen LogP contribution in [0.5, 0.6) is 11.8 Å². The largest absolute Gasteiger partial charge is 0.493 e. The lowest BCUT2D eigenvalue weighted by atomic mass is 10.3. The Morgan fingerprint density at radius 3 is 3.11 bits per heavy atom. The van der Waals surface area contributed by atoms with Crippen LogP contribution in [0.15, 0.2) is 12.3 Å². The fraction of sp³-hybridized carbons (Fsp3) is 0.417. The van der Waals surface area contributed by atoms with Crippen molar-refractivity contribution in [1.82, 2.24) is 15.0 Å². The third-order valence-electron chi connectivity index (χ3n) is 2.82. The molecule has 0 amide bonds. The molecule has 1 atom stereocenters. The number of rotatable bonds is 2. The van der Waals surface area contributed by atoms with Crippen LogP contribution in [0.25, 0.3) is 10.9 Å². The van der Waals surface area contributed by atoms with Crippen molar-refractivity contribution in [2.45, 2.75) is 19.4 Å². The molecule has 0 spiro atoms. The van der Waals surface area contributed by atoms with Crippen molar-refractivity contribution in [3.63, 3.8) is 0 Å². The number of fused-ring (bicyclic) bond motifs is 1. The minimum Gasteiger partial charge on any atom is -0.493 e. The van der Waals surface area contributed by atoms with Crippen LogP contribution >= 0.6 is 0 Å². The molecule has 0 bridgehead atoms. The highest BCUT2D eigenvalue weighted by atomic mass is 16.5. The van der Waals surface area contributed by atoms with Gasteiger partial charge in [0.05, 0.1) is 30.3 Å². The normalized spacial score (nSPS) is 19.3. The van der Waals surface area contributed by atoms with Gasteiger partial charge in [0.15, 0.2) is 0 Å². The van der Waals surface area contributed by atoms with Crippen LogP contribution in [0.1, 0.15) is 12.2 Å². The van der Waals surface area contributed by atoms with Crippen molar-refractivity contribution in [3.05, 3.63) is 18.1 Å². The Bertz CT molecular complexity index is 582. The summed E-state index contributed by atoms with van der Waals surface area (Å²) < 4.78 is 10.9. The van der Waals surface area contributed by atoms with Gasteiger partial charge in [0, 0.05) is 12.5 Å². The molecule has 3 heterocycles. The predicted octanol–water partition coefficient (Wildman–Crippen LogP) is 1.21. The van der Waals surface area contributed by atoms with Gasteiger partial charge < -0.3 is 14.6 Å². The molecule has 2 aromatic heterocycles. The van der Waals surface area contributed by atoms with E-state index in [-0.39, 0.29) is 12.0 Å². The summed E-state index contributed by atoms with van der Waals surface area (Å²) in [6.07, 6.45) is 2.47. The summed E-state index contributed by atoms with van der Waals surface area (Å²) in [5.41, 5.74) is 0.607. The minimum absolute atomic E-state index is 0.0310. The fourth-order valence-electron chi connectivity index (χ4n) is 1.95. The number of ether oxygens (including phenoxy) is 2. The number of aromatic hydroxyl groups is 1. The Balaban J connectivity index is 1.94. The number of aromatic nitrogens is 3. The van der Waals surface area contributed by atoms with E-state index in [9.17, 15) is 5.11 Å². The van der Waals surface area contributed by atoms with E-state index in [1.54, 1.807) is 19.2 Å².